The summed E-state index contributed by atoms with van der Waals surface area (Å²) in [5.41, 5.74) is 19.2. The number of allylic oxidation sites excluding steroid dienone is 7. The highest BCUT2D eigenvalue weighted by Gasteiger charge is 2.37. The van der Waals surface area contributed by atoms with Gasteiger partial charge >= 0.3 is 0 Å². The Morgan fingerprint density at radius 2 is 1.33 bits per heavy atom. The third kappa shape index (κ3) is 6.06. The van der Waals surface area contributed by atoms with E-state index in [1.807, 2.05) is 24.3 Å². The van der Waals surface area contributed by atoms with Gasteiger partial charge in [-0.25, -0.2) is 0 Å². The molecule has 0 saturated heterocycles. The monoisotopic (exact) mass is 848 g/mol. The lowest BCUT2D eigenvalue weighted by molar-refractivity contribution is 0.564. The van der Waals surface area contributed by atoms with Gasteiger partial charge in [-0.05, 0) is 119 Å². The Kier molecular flexibility index (Phi) is 8.75. The van der Waals surface area contributed by atoms with E-state index in [2.05, 4.69) is 211 Å². The minimum Gasteiger partial charge on any atom is -0.460 e. The quantitative estimate of drug-likeness (QED) is 0.150. The molecule has 0 fully saturated rings. The first-order valence-corrected chi connectivity index (χ1v) is 22.8. The Balaban J connectivity index is 0.909. The minimum absolute atomic E-state index is 0.238. The second-order valence-corrected chi connectivity index (χ2v) is 17.6. The van der Waals surface area contributed by atoms with Gasteiger partial charge in [-0.15, -0.1) is 0 Å². The smallest absolute Gasteiger partial charge is 0.135 e. The Morgan fingerprint density at radius 3 is 2.23 bits per heavy atom. The van der Waals surface area contributed by atoms with Crippen LogP contribution in [0, 0.1) is 6.92 Å². The van der Waals surface area contributed by atoms with Crippen LogP contribution in [0.15, 0.2) is 216 Å². The van der Waals surface area contributed by atoms with E-state index in [0.717, 1.165) is 95.2 Å². The van der Waals surface area contributed by atoms with Gasteiger partial charge in [0.2, 0.25) is 0 Å². The Hall–Kier alpha value is -8.34. The van der Waals surface area contributed by atoms with Crippen LogP contribution in [0.1, 0.15) is 39.6 Å². The molecule has 0 spiro atoms. The third-order valence-corrected chi connectivity index (χ3v) is 13.9. The summed E-state index contributed by atoms with van der Waals surface area (Å²) < 4.78 is 15.2. The molecule has 2 unspecified atom stereocenters. The zero-order chi connectivity index (χ0) is 43.9. The van der Waals surface area contributed by atoms with Gasteiger partial charge in [-0.1, -0.05) is 146 Å². The van der Waals surface area contributed by atoms with Crippen molar-refractivity contribution in [2.75, 3.05) is 4.90 Å². The van der Waals surface area contributed by atoms with Crippen molar-refractivity contribution in [1.82, 2.24) is 4.57 Å². The summed E-state index contributed by atoms with van der Waals surface area (Å²) in [6.45, 7) is 6.17. The number of hydrogen-bond acceptors (Lipinski definition) is 3. The third-order valence-electron chi connectivity index (χ3n) is 13.9. The molecule has 4 nitrogen and oxygen atoms in total. The summed E-state index contributed by atoms with van der Waals surface area (Å²) in [5, 5.41) is 4.58. The highest BCUT2D eigenvalue weighted by Crippen LogP contribution is 2.49. The van der Waals surface area contributed by atoms with Crippen LogP contribution >= 0.6 is 0 Å². The number of benzene rings is 7. The first-order chi connectivity index (χ1) is 32.6. The average molecular weight is 849 g/mol. The lowest BCUT2D eigenvalue weighted by atomic mass is 9.91. The lowest BCUT2D eigenvalue weighted by Crippen LogP contribution is -2.28. The summed E-state index contributed by atoms with van der Waals surface area (Å²) in [7, 11) is 0. The summed E-state index contributed by atoms with van der Waals surface area (Å²) in [5.74, 6) is 1.33. The summed E-state index contributed by atoms with van der Waals surface area (Å²) >= 11 is 0. The van der Waals surface area contributed by atoms with Crippen LogP contribution in [0.25, 0.3) is 89.5 Å². The van der Waals surface area contributed by atoms with Crippen molar-refractivity contribution in [3.8, 4) is 27.9 Å². The first-order valence-electron chi connectivity index (χ1n) is 22.8. The van der Waals surface area contributed by atoms with E-state index in [0.29, 0.717) is 5.92 Å². The summed E-state index contributed by atoms with van der Waals surface area (Å²) in [6, 6.07) is 55.3. The fraction of sp³-hybridized carbons (Fsp3) is 0.0645. The van der Waals surface area contributed by atoms with Crippen molar-refractivity contribution in [1.29, 1.82) is 0 Å². The van der Waals surface area contributed by atoms with Crippen molar-refractivity contribution in [3.05, 3.63) is 241 Å². The SMILES string of the molecule is C=C/C=C\c1c(C)n(-c2cc(-c3ccc(C4=Cc5c(oc6ccc(N7c8ccccc8C8C=CC=CC87)cc56)CC=C4)cc3)cc(-c3ccc4oc5ccccc5c4c3)c2)c2ccccc12. The van der Waals surface area contributed by atoms with Gasteiger partial charge in [0.15, 0.2) is 0 Å². The van der Waals surface area contributed by atoms with Gasteiger partial charge in [-0.2, -0.15) is 0 Å². The van der Waals surface area contributed by atoms with E-state index in [9.17, 15) is 0 Å². The van der Waals surface area contributed by atoms with Crippen LogP contribution in [0.3, 0.4) is 0 Å². The molecule has 0 radical (unpaired) electrons. The summed E-state index contributed by atoms with van der Waals surface area (Å²) in [6.07, 6.45) is 22.6. The van der Waals surface area contributed by atoms with Gasteiger partial charge in [-0.3, -0.25) is 0 Å². The van der Waals surface area contributed by atoms with E-state index in [1.54, 1.807) is 0 Å². The number of rotatable bonds is 7. The van der Waals surface area contributed by atoms with Gasteiger partial charge < -0.3 is 18.3 Å². The fourth-order valence-electron chi connectivity index (χ4n) is 10.8. The molecule has 7 aromatic carbocycles. The largest absolute Gasteiger partial charge is 0.460 e. The Morgan fingerprint density at radius 1 is 0.606 bits per heavy atom. The molecule has 4 heterocycles. The number of furan rings is 2. The molecule has 3 aromatic heterocycles. The van der Waals surface area contributed by atoms with E-state index >= 15 is 0 Å². The Bertz CT molecular complexity index is 3780. The predicted octanol–water partition coefficient (Wildman–Crippen LogP) is 16.5. The van der Waals surface area contributed by atoms with Crippen molar-refractivity contribution in [3.63, 3.8) is 0 Å². The molecular formula is C62H44N2O2. The molecule has 1 aliphatic heterocycles. The highest BCUT2D eigenvalue weighted by molar-refractivity contribution is 6.06. The maximum atomic E-state index is 6.56. The van der Waals surface area contributed by atoms with Crippen LogP contribution in [0.5, 0.6) is 0 Å². The number of para-hydroxylation sites is 3. The number of nitrogens with zero attached hydrogens (tertiary/aromatic N) is 2. The standard InChI is InChI=1S/C62H44N2O2/c1-3-4-15-48-39(2)63(56-20-9-5-16-49(48)56)47-34-44(33-45(35-47)43-29-31-61-53(37-43)52-19-8-12-23-59(52)65-61)41-27-25-40(26-28-41)42-14-13-24-60-54(36-42)55-38-46(30-32-62(55)66-60)64-57-21-10-6-17-50(57)51-18-7-11-22-58(51)64/h3-23,25-38,50,57H,1,24H2,2H3/b15-4-. The number of fused-ring (bicyclic) bond motifs is 10. The Labute approximate surface area is 383 Å². The molecule has 0 N–H and O–H groups in total. The first kappa shape index (κ1) is 38.1. The van der Waals surface area contributed by atoms with Crippen molar-refractivity contribution >= 4 is 72.9 Å². The molecule has 0 amide bonds. The molecule has 2 aliphatic carbocycles. The van der Waals surface area contributed by atoms with Gasteiger partial charge in [0.25, 0.3) is 0 Å². The van der Waals surface area contributed by atoms with Crippen molar-refractivity contribution in [2.45, 2.75) is 25.3 Å². The second-order valence-electron chi connectivity index (χ2n) is 17.6. The fourth-order valence-corrected chi connectivity index (χ4v) is 10.8. The molecule has 4 heteroatoms. The zero-order valence-corrected chi connectivity index (χ0v) is 36.5. The van der Waals surface area contributed by atoms with Crippen molar-refractivity contribution in [2.24, 2.45) is 0 Å². The molecule has 2 atom stereocenters. The molecule has 10 aromatic rings. The molecule has 13 rings (SSSR count). The van der Waals surface area contributed by atoms with Crippen molar-refractivity contribution < 1.29 is 8.83 Å². The second kappa shape index (κ2) is 15.1. The van der Waals surface area contributed by atoms with Gasteiger partial charge in [0.1, 0.15) is 22.5 Å². The number of hydrogen-bond donors (Lipinski definition) is 0. The normalized spacial score (nSPS) is 16.4. The van der Waals surface area contributed by atoms with Gasteiger partial charge in [0, 0.05) is 67.8 Å². The topological polar surface area (TPSA) is 34.5 Å². The van der Waals surface area contributed by atoms with Crippen LogP contribution in [-0.4, -0.2) is 10.6 Å². The molecule has 3 aliphatic rings. The molecule has 314 valence electrons. The molecule has 66 heavy (non-hydrogen) atoms. The van der Waals surface area contributed by atoms with Crippen LogP contribution in [-0.2, 0) is 6.42 Å². The van der Waals surface area contributed by atoms with Crippen LogP contribution in [0.4, 0.5) is 11.4 Å². The van der Waals surface area contributed by atoms with Gasteiger partial charge in [0.05, 0.1) is 11.6 Å². The van der Waals surface area contributed by atoms with Crippen LogP contribution in [0.2, 0.25) is 0 Å². The van der Waals surface area contributed by atoms with E-state index < -0.39 is 0 Å². The maximum absolute atomic E-state index is 6.56. The lowest BCUT2D eigenvalue weighted by Gasteiger charge is -2.28. The maximum Gasteiger partial charge on any atom is 0.135 e. The zero-order valence-electron chi connectivity index (χ0n) is 36.5. The summed E-state index contributed by atoms with van der Waals surface area (Å²) in [4.78, 5) is 2.49. The van der Waals surface area contributed by atoms with E-state index in [-0.39, 0.29) is 6.04 Å². The van der Waals surface area contributed by atoms with E-state index in [1.165, 1.54) is 33.6 Å². The average Bonchev–Trinajstić information content (AvgIpc) is 4.05. The number of aromatic nitrogens is 1. The highest BCUT2D eigenvalue weighted by atomic mass is 16.3. The molecular weight excluding hydrogens is 805 g/mol. The molecule has 0 bridgehead atoms. The predicted molar refractivity (Wildman–Crippen MR) is 276 cm³/mol. The molecule has 0 saturated carbocycles. The van der Waals surface area contributed by atoms with Crippen LogP contribution < -0.4 is 4.90 Å². The number of anilines is 2. The minimum atomic E-state index is 0.238. The van der Waals surface area contributed by atoms with E-state index in [4.69, 9.17) is 8.83 Å².